The fourth-order valence-corrected chi connectivity index (χ4v) is 4.57. The molecule has 6 heteroatoms. The lowest BCUT2D eigenvalue weighted by atomic mass is 9.82. The van der Waals surface area contributed by atoms with E-state index in [1.54, 1.807) is 12.4 Å². The topological polar surface area (TPSA) is 78.4 Å². The molecule has 0 radical (unpaired) electrons. The number of carbonyl (C=O) groups is 1. The quantitative estimate of drug-likeness (QED) is 0.791. The predicted molar refractivity (Wildman–Crippen MR) is 113 cm³/mol. The first-order chi connectivity index (χ1) is 14.0. The number of rotatable bonds is 5. The molecule has 6 nitrogen and oxygen atoms in total. The summed E-state index contributed by atoms with van der Waals surface area (Å²) in [6, 6.07) is 7.91. The molecule has 4 rings (SSSR count). The van der Waals surface area contributed by atoms with Gasteiger partial charge in [0.2, 0.25) is 5.91 Å². The van der Waals surface area contributed by atoms with Gasteiger partial charge in [0.15, 0.2) is 0 Å². The van der Waals surface area contributed by atoms with E-state index < -0.39 is 5.60 Å². The van der Waals surface area contributed by atoms with Crippen LogP contribution in [0.25, 0.3) is 0 Å². The summed E-state index contributed by atoms with van der Waals surface area (Å²) in [4.78, 5) is 23.9. The minimum atomic E-state index is -0.815. The Morgan fingerprint density at radius 3 is 2.76 bits per heavy atom. The molecule has 0 bridgehead atoms. The first kappa shape index (κ1) is 19.8. The van der Waals surface area contributed by atoms with Gasteiger partial charge in [0, 0.05) is 12.7 Å². The Balaban J connectivity index is 1.43. The van der Waals surface area contributed by atoms with Gasteiger partial charge in [0.25, 0.3) is 0 Å². The van der Waals surface area contributed by atoms with Crippen molar-refractivity contribution in [3.8, 4) is 0 Å². The first-order valence-corrected chi connectivity index (χ1v) is 10.7. The molecule has 1 aliphatic heterocycles. The second-order valence-corrected chi connectivity index (χ2v) is 8.47. The van der Waals surface area contributed by atoms with Crippen LogP contribution < -0.4 is 5.32 Å². The highest BCUT2D eigenvalue weighted by Gasteiger charge is 2.37. The molecule has 2 fully saturated rings. The van der Waals surface area contributed by atoms with Crippen LogP contribution in [0.3, 0.4) is 0 Å². The van der Waals surface area contributed by atoms with Crippen LogP contribution in [0.4, 0.5) is 11.5 Å². The summed E-state index contributed by atoms with van der Waals surface area (Å²) in [7, 11) is 0. The molecule has 1 amide bonds. The molecule has 154 valence electrons. The molecule has 0 unspecified atom stereocenters. The van der Waals surface area contributed by atoms with Crippen LogP contribution in [-0.4, -0.2) is 38.0 Å². The van der Waals surface area contributed by atoms with Gasteiger partial charge in [-0.3, -0.25) is 9.78 Å². The average molecular weight is 395 g/mol. The molecule has 1 aliphatic carbocycles. The lowest BCUT2D eigenvalue weighted by Gasteiger charge is -2.34. The number of aryl methyl sites for hydroxylation is 1. The summed E-state index contributed by atoms with van der Waals surface area (Å²) >= 11 is 0. The first-order valence-electron chi connectivity index (χ1n) is 10.7. The van der Waals surface area contributed by atoms with Gasteiger partial charge in [-0.2, -0.15) is 0 Å². The molecule has 1 saturated carbocycles. The third kappa shape index (κ3) is 4.58. The summed E-state index contributed by atoms with van der Waals surface area (Å²) in [6.07, 6.45) is 10.4. The van der Waals surface area contributed by atoms with Crippen molar-refractivity contribution in [2.75, 3.05) is 11.9 Å². The zero-order valence-electron chi connectivity index (χ0n) is 17.1. The molecule has 29 heavy (non-hydrogen) atoms. The van der Waals surface area contributed by atoms with Crippen LogP contribution in [0.2, 0.25) is 0 Å². The number of carbonyl (C=O) groups excluding carboxylic acids is 1. The highest BCUT2D eigenvalue weighted by molar-refractivity contribution is 5.78. The van der Waals surface area contributed by atoms with E-state index in [4.69, 9.17) is 0 Å². The number of nitrogens with one attached hydrogen (secondary N) is 1. The van der Waals surface area contributed by atoms with E-state index in [9.17, 15) is 9.90 Å². The number of amides is 1. The third-order valence-electron chi connectivity index (χ3n) is 6.24. The molecule has 2 aromatic rings. The van der Waals surface area contributed by atoms with Gasteiger partial charge in [0.05, 0.1) is 35.6 Å². The van der Waals surface area contributed by atoms with Crippen LogP contribution in [0.1, 0.15) is 68.7 Å². The number of pyridine rings is 2. The molecule has 1 saturated heterocycles. The molecule has 1 atom stereocenters. The third-order valence-corrected chi connectivity index (χ3v) is 6.24. The minimum absolute atomic E-state index is 0.000303. The number of hydrogen-bond acceptors (Lipinski definition) is 5. The molecule has 2 N–H and O–H groups in total. The van der Waals surface area contributed by atoms with Crippen molar-refractivity contribution in [1.82, 2.24) is 14.9 Å². The Bertz CT molecular complexity index is 846. The number of aliphatic hydroxyl groups is 1. The molecular formula is C23H30N4O2. The Labute approximate surface area is 172 Å². The van der Waals surface area contributed by atoms with Gasteiger partial charge in [-0.25, -0.2) is 4.98 Å². The smallest absolute Gasteiger partial charge is 0.226 e. The molecule has 0 spiro atoms. The maximum Gasteiger partial charge on any atom is 0.226 e. The maximum atomic E-state index is 13.0. The summed E-state index contributed by atoms with van der Waals surface area (Å²) in [5.74, 6) is 0.880. The van der Waals surface area contributed by atoms with E-state index in [-0.39, 0.29) is 18.4 Å². The van der Waals surface area contributed by atoms with Crippen LogP contribution in [0, 0.1) is 6.92 Å². The molecule has 3 heterocycles. The van der Waals surface area contributed by atoms with E-state index in [1.807, 2.05) is 36.1 Å². The number of likely N-dealkylation sites (tertiary alicyclic amines) is 1. The van der Waals surface area contributed by atoms with E-state index in [1.165, 1.54) is 0 Å². The second kappa shape index (κ2) is 8.49. The van der Waals surface area contributed by atoms with Crippen molar-refractivity contribution in [3.05, 3.63) is 47.9 Å². The van der Waals surface area contributed by atoms with Crippen molar-refractivity contribution >= 4 is 17.4 Å². The average Bonchev–Trinajstić information content (AvgIpc) is 3.21. The molecule has 0 aromatic carbocycles. The van der Waals surface area contributed by atoms with Gasteiger partial charge in [-0.1, -0.05) is 25.3 Å². The van der Waals surface area contributed by atoms with Crippen LogP contribution >= 0.6 is 0 Å². The van der Waals surface area contributed by atoms with Gasteiger partial charge < -0.3 is 15.3 Å². The number of hydrogen-bond donors (Lipinski definition) is 2. The van der Waals surface area contributed by atoms with Crippen molar-refractivity contribution in [2.24, 2.45) is 0 Å². The van der Waals surface area contributed by atoms with Crippen LogP contribution in [0.15, 0.2) is 36.7 Å². The minimum Gasteiger partial charge on any atom is -0.389 e. The van der Waals surface area contributed by atoms with Crippen LogP contribution in [0.5, 0.6) is 0 Å². The predicted octanol–water partition coefficient (Wildman–Crippen LogP) is 4.28. The van der Waals surface area contributed by atoms with Gasteiger partial charge in [-0.15, -0.1) is 0 Å². The standard InChI is InChI=1S/C23H30N4O2/c1-17-7-5-13-24-22(17)26-18-9-10-19(25-16-18)20-8-6-14-27(20)21(28)15-23(29)11-3-2-4-12-23/h5,7,9-10,13,16,20,29H,2-4,6,8,11-12,14-15H2,1H3,(H,24,26)/t20-/m1/s1. The van der Waals surface area contributed by atoms with E-state index in [2.05, 4.69) is 15.3 Å². The van der Waals surface area contributed by atoms with Crippen molar-refractivity contribution in [3.63, 3.8) is 0 Å². The lowest BCUT2D eigenvalue weighted by molar-refractivity contribution is -0.138. The summed E-state index contributed by atoms with van der Waals surface area (Å²) in [5, 5.41) is 14.1. The van der Waals surface area contributed by atoms with Gasteiger partial charge in [-0.05, 0) is 56.4 Å². The van der Waals surface area contributed by atoms with E-state index in [0.29, 0.717) is 0 Å². The Morgan fingerprint density at radius 2 is 2.03 bits per heavy atom. The Kier molecular flexibility index (Phi) is 5.81. The largest absolute Gasteiger partial charge is 0.389 e. The van der Waals surface area contributed by atoms with Crippen molar-refractivity contribution < 1.29 is 9.90 Å². The highest BCUT2D eigenvalue weighted by Crippen LogP contribution is 2.36. The van der Waals surface area contributed by atoms with Gasteiger partial charge in [0.1, 0.15) is 5.82 Å². The fraction of sp³-hybridized carbons (Fsp3) is 0.522. The molecule has 2 aliphatic rings. The van der Waals surface area contributed by atoms with Gasteiger partial charge >= 0.3 is 0 Å². The monoisotopic (exact) mass is 394 g/mol. The van der Waals surface area contributed by atoms with E-state index in [0.717, 1.165) is 74.3 Å². The molecule has 2 aromatic heterocycles. The Hall–Kier alpha value is -2.47. The summed E-state index contributed by atoms with van der Waals surface area (Å²) in [5.41, 5.74) is 2.05. The summed E-state index contributed by atoms with van der Waals surface area (Å²) < 4.78 is 0. The highest BCUT2D eigenvalue weighted by atomic mass is 16.3. The van der Waals surface area contributed by atoms with Crippen LogP contribution in [-0.2, 0) is 4.79 Å². The number of anilines is 2. The molecular weight excluding hydrogens is 364 g/mol. The number of nitrogens with zero attached hydrogens (tertiary/aromatic N) is 3. The van der Waals surface area contributed by atoms with E-state index >= 15 is 0 Å². The fourth-order valence-electron chi connectivity index (χ4n) is 4.57. The zero-order chi connectivity index (χ0) is 20.3. The normalized spacial score (nSPS) is 21.2. The second-order valence-electron chi connectivity index (χ2n) is 8.47. The summed E-state index contributed by atoms with van der Waals surface area (Å²) in [6.45, 7) is 2.76. The SMILES string of the molecule is Cc1cccnc1Nc1ccc([C@H]2CCCN2C(=O)CC2(O)CCCCC2)nc1. The lowest BCUT2D eigenvalue weighted by Crippen LogP contribution is -2.40. The number of aromatic nitrogens is 2. The maximum absolute atomic E-state index is 13.0. The van der Waals surface area contributed by atoms with Crippen molar-refractivity contribution in [2.45, 2.75) is 69.9 Å². The zero-order valence-corrected chi connectivity index (χ0v) is 17.1. The Morgan fingerprint density at radius 1 is 1.21 bits per heavy atom. The van der Waals surface area contributed by atoms with Crippen molar-refractivity contribution in [1.29, 1.82) is 0 Å².